The van der Waals surface area contributed by atoms with Crippen molar-refractivity contribution in [3.05, 3.63) is 70.6 Å². The molecule has 1 aliphatic heterocycles. The molecular formula is C20H17ClN4O. The minimum absolute atomic E-state index is 0.252. The van der Waals surface area contributed by atoms with Crippen LogP contribution >= 0.6 is 11.6 Å². The molecule has 1 aliphatic rings. The maximum absolute atomic E-state index is 8.88. The molecule has 0 aliphatic carbocycles. The Bertz CT molecular complexity index is 928. The highest BCUT2D eigenvalue weighted by Crippen LogP contribution is 2.29. The van der Waals surface area contributed by atoms with Crippen LogP contribution in [0.3, 0.4) is 0 Å². The number of nitriles is 1. The van der Waals surface area contributed by atoms with Gasteiger partial charge >= 0.3 is 0 Å². The van der Waals surface area contributed by atoms with Crippen LogP contribution in [-0.4, -0.2) is 28.2 Å². The fraction of sp³-hybridized carbons (Fsp3) is 0.250. The number of nitrogens with zero attached hydrogens (tertiary/aromatic N) is 4. The largest absolute Gasteiger partial charge is 0.420 e. The lowest BCUT2D eigenvalue weighted by Gasteiger charge is -2.15. The predicted octanol–water partition coefficient (Wildman–Crippen LogP) is 4.25. The zero-order valence-electron chi connectivity index (χ0n) is 14.1. The molecule has 4 rings (SSSR count). The fourth-order valence-corrected chi connectivity index (χ4v) is 3.36. The Morgan fingerprint density at radius 2 is 1.88 bits per heavy atom. The first-order valence-electron chi connectivity index (χ1n) is 8.52. The molecule has 0 spiro atoms. The summed E-state index contributed by atoms with van der Waals surface area (Å²) in [7, 11) is 0. The summed E-state index contributed by atoms with van der Waals surface area (Å²) in [5.74, 6) is 1.47. The number of rotatable bonds is 4. The molecule has 0 amide bonds. The summed E-state index contributed by atoms with van der Waals surface area (Å²) in [5.41, 5.74) is 2.77. The van der Waals surface area contributed by atoms with Gasteiger partial charge in [-0.15, -0.1) is 10.2 Å². The van der Waals surface area contributed by atoms with Crippen LogP contribution in [0.1, 0.15) is 29.4 Å². The smallest absolute Gasteiger partial charge is 0.247 e. The molecule has 3 aromatic rings. The molecule has 1 aromatic heterocycles. The van der Waals surface area contributed by atoms with E-state index in [4.69, 9.17) is 21.3 Å². The number of halogens is 1. The van der Waals surface area contributed by atoms with Crippen LogP contribution in [0, 0.1) is 11.3 Å². The molecule has 1 saturated heterocycles. The number of benzene rings is 2. The van der Waals surface area contributed by atoms with Crippen molar-refractivity contribution in [3.63, 3.8) is 0 Å². The van der Waals surface area contributed by atoms with Gasteiger partial charge in [0.15, 0.2) is 0 Å². The van der Waals surface area contributed by atoms with E-state index in [9.17, 15) is 0 Å². The van der Waals surface area contributed by atoms with E-state index < -0.39 is 0 Å². The Balaban J connectivity index is 1.40. The van der Waals surface area contributed by atoms with Gasteiger partial charge in [0.1, 0.15) is 0 Å². The van der Waals surface area contributed by atoms with Gasteiger partial charge in [-0.2, -0.15) is 5.26 Å². The van der Waals surface area contributed by atoms with Crippen LogP contribution in [-0.2, 0) is 6.54 Å². The predicted molar refractivity (Wildman–Crippen MR) is 98.5 cm³/mol. The Hall–Kier alpha value is -2.68. The highest BCUT2D eigenvalue weighted by Gasteiger charge is 2.28. The molecule has 1 fully saturated rings. The summed E-state index contributed by atoms with van der Waals surface area (Å²) in [5, 5.41) is 18.0. The molecule has 0 bridgehead atoms. The molecule has 6 heteroatoms. The van der Waals surface area contributed by atoms with Crippen molar-refractivity contribution in [2.45, 2.75) is 18.9 Å². The highest BCUT2D eigenvalue weighted by atomic mass is 35.5. The van der Waals surface area contributed by atoms with Gasteiger partial charge in [0.05, 0.1) is 17.6 Å². The zero-order chi connectivity index (χ0) is 17.9. The molecule has 2 aromatic carbocycles. The minimum atomic E-state index is 0.252. The molecule has 0 radical (unpaired) electrons. The third-order valence-electron chi connectivity index (χ3n) is 4.64. The second-order valence-corrected chi connectivity index (χ2v) is 6.92. The van der Waals surface area contributed by atoms with Crippen molar-refractivity contribution in [1.29, 1.82) is 5.26 Å². The molecule has 0 unspecified atom stereocenters. The van der Waals surface area contributed by atoms with Gasteiger partial charge in [-0.3, -0.25) is 4.90 Å². The van der Waals surface area contributed by atoms with Crippen molar-refractivity contribution in [1.82, 2.24) is 15.1 Å². The summed E-state index contributed by atoms with van der Waals surface area (Å²) in [6.07, 6.45) is 0.999. The standard InChI is InChI=1S/C20H17ClN4O/c21-18-7-5-16(6-8-18)19-23-24-20(26-19)17-9-10-25(13-17)12-15-3-1-14(11-22)2-4-15/h1-8,17H,9-10,12-13H2/t17-/m0/s1. The first kappa shape index (κ1) is 16.8. The van der Waals surface area contributed by atoms with E-state index in [2.05, 4.69) is 21.2 Å². The van der Waals surface area contributed by atoms with Gasteiger partial charge in [-0.1, -0.05) is 23.7 Å². The van der Waals surface area contributed by atoms with Crippen molar-refractivity contribution in [3.8, 4) is 17.5 Å². The Morgan fingerprint density at radius 1 is 1.12 bits per heavy atom. The lowest BCUT2D eigenvalue weighted by atomic mass is 10.1. The zero-order valence-corrected chi connectivity index (χ0v) is 14.9. The number of hydrogen-bond donors (Lipinski definition) is 0. The number of aromatic nitrogens is 2. The third kappa shape index (κ3) is 3.62. The van der Waals surface area contributed by atoms with Gasteiger partial charge in [0, 0.05) is 23.7 Å². The van der Waals surface area contributed by atoms with Crippen molar-refractivity contribution in [2.75, 3.05) is 13.1 Å². The Morgan fingerprint density at radius 3 is 2.62 bits per heavy atom. The van der Waals surface area contributed by atoms with E-state index in [0.717, 1.165) is 31.6 Å². The van der Waals surface area contributed by atoms with Gasteiger partial charge < -0.3 is 4.42 Å². The second kappa shape index (κ2) is 7.28. The third-order valence-corrected chi connectivity index (χ3v) is 4.89. The highest BCUT2D eigenvalue weighted by molar-refractivity contribution is 6.30. The quantitative estimate of drug-likeness (QED) is 0.692. The summed E-state index contributed by atoms with van der Waals surface area (Å²) >= 11 is 5.92. The van der Waals surface area contributed by atoms with Crippen LogP contribution in [0.25, 0.3) is 11.5 Å². The van der Waals surface area contributed by atoms with Crippen molar-refractivity contribution in [2.24, 2.45) is 0 Å². The lowest BCUT2D eigenvalue weighted by Crippen LogP contribution is -2.19. The molecular weight excluding hydrogens is 348 g/mol. The van der Waals surface area contributed by atoms with Crippen LogP contribution < -0.4 is 0 Å². The summed E-state index contributed by atoms with van der Waals surface area (Å²) in [4.78, 5) is 2.37. The SMILES string of the molecule is N#Cc1ccc(CN2CC[C@H](c3nnc(-c4ccc(Cl)cc4)o3)C2)cc1. The Kier molecular flexibility index (Phi) is 4.70. The first-order valence-corrected chi connectivity index (χ1v) is 8.90. The van der Waals surface area contributed by atoms with E-state index in [1.54, 1.807) is 0 Å². The van der Waals surface area contributed by atoms with E-state index in [1.165, 1.54) is 5.56 Å². The molecule has 1 atom stereocenters. The summed E-state index contributed by atoms with van der Waals surface area (Å²) in [6.45, 7) is 2.74. The maximum Gasteiger partial charge on any atom is 0.247 e. The van der Waals surface area contributed by atoms with Gasteiger partial charge in [0.2, 0.25) is 11.8 Å². The van der Waals surface area contributed by atoms with Gasteiger partial charge in [-0.25, -0.2) is 0 Å². The van der Waals surface area contributed by atoms with Crippen LogP contribution in [0.5, 0.6) is 0 Å². The van der Waals surface area contributed by atoms with Gasteiger partial charge in [-0.05, 0) is 54.9 Å². The van der Waals surface area contributed by atoms with Gasteiger partial charge in [0.25, 0.3) is 0 Å². The lowest BCUT2D eigenvalue weighted by molar-refractivity contribution is 0.320. The summed E-state index contributed by atoms with van der Waals surface area (Å²) < 4.78 is 5.89. The molecule has 0 saturated carbocycles. The summed E-state index contributed by atoms with van der Waals surface area (Å²) in [6, 6.07) is 17.3. The minimum Gasteiger partial charge on any atom is -0.420 e. The van der Waals surface area contributed by atoms with Crippen LogP contribution in [0.15, 0.2) is 52.9 Å². The number of hydrogen-bond acceptors (Lipinski definition) is 5. The topological polar surface area (TPSA) is 66.0 Å². The average Bonchev–Trinajstić information content (AvgIpc) is 3.32. The second-order valence-electron chi connectivity index (χ2n) is 6.48. The van der Waals surface area contributed by atoms with E-state index in [1.807, 2.05) is 48.5 Å². The van der Waals surface area contributed by atoms with E-state index >= 15 is 0 Å². The molecule has 0 N–H and O–H groups in total. The molecule has 2 heterocycles. The number of likely N-dealkylation sites (tertiary alicyclic amines) is 1. The maximum atomic E-state index is 8.88. The first-order chi connectivity index (χ1) is 12.7. The monoisotopic (exact) mass is 364 g/mol. The van der Waals surface area contributed by atoms with Crippen LogP contribution in [0.4, 0.5) is 0 Å². The molecule has 130 valence electrons. The average molecular weight is 365 g/mol. The molecule has 5 nitrogen and oxygen atoms in total. The molecule has 26 heavy (non-hydrogen) atoms. The normalized spacial score (nSPS) is 17.3. The van der Waals surface area contributed by atoms with Crippen LogP contribution in [0.2, 0.25) is 5.02 Å². The van der Waals surface area contributed by atoms with E-state index in [-0.39, 0.29) is 5.92 Å². The van der Waals surface area contributed by atoms with Crippen molar-refractivity contribution >= 4 is 11.6 Å². The Labute approximate surface area is 156 Å². The van der Waals surface area contributed by atoms with E-state index in [0.29, 0.717) is 22.4 Å². The van der Waals surface area contributed by atoms with Crippen molar-refractivity contribution < 1.29 is 4.42 Å². The fourth-order valence-electron chi connectivity index (χ4n) is 3.23.